The van der Waals surface area contributed by atoms with Crippen LogP contribution in [-0.4, -0.2) is 20.1 Å². The maximum Gasteiger partial charge on any atom is 0.263 e. The van der Waals surface area contributed by atoms with Crippen molar-refractivity contribution in [3.8, 4) is 0 Å². The highest BCUT2D eigenvalue weighted by Crippen LogP contribution is 2.29. The molecular formula is C23H23ClN2O3S2. The maximum absolute atomic E-state index is 13.0. The third kappa shape index (κ3) is 5.42. The molecule has 3 rings (SSSR count). The van der Waals surface area contributed by atoms with Crippen molar-refractivity contribution in [1.82, 2.24) is 0 Å². The SMILES string of the molecule is CCSc1ccccc1NC(=O)c1ccc(Cl)c(S(=O)(=O)Nc2cccc(C)c2C)c1. The summed E-state index contributed by atoms with van der Waals surface area (Å²) in [5, 5.41) is 2.90. The second kappa shape index (κ2) is 9.77. The molecule has 0 aliphatic rings. The normalized spacial score (nSPS) is 11.2. The van der Waals surface area contributed by atoms with E-state index in [1.165, 1.54) is 18.2 Å². The second-order valence-corrected chi connectivity index (χ2v) is 10.2. The molecule has 0 aromatic heterocycles. The van der Waals surface area contributed by atoms with Gasteiger partial charge in [0.2, 0.25) is 0 Å². The Balaban J connectivity index is 1.91. The summed E-state index contributed by atoms with van der Waals surface area (Å²) >= 11 is 7.81. The Labute approximate surface area is 192 Å². The van der Waals surface area contributed by atoms with E-state index < -0.39 is 15.9 Å². The summed E-state index contributed by atoms with van der Waals surface area (Å²) in [4.78, 5) is 13.6. The summed E-state index contributed by atoms with van der Waals surface area (Å²) in [6.45, 7) is 5.77. The van der Waals surface area contributed by atoms with Gasteiger partial charge in [0.1, 0.15) is 4.90 Å². The summed E-state index contributed by atoms with van der Waals surface area (Å²) in [7, 11) is -3.99. The van der Waals surface area contributed by atoms with Gasteiger partial charge in [0.15, 0.2) is 0 Å². The second-order valence-electron chi connectivity index (χ2n) is 6.88. The molecule has 0 fully saturated rings. The van der Waals surface area contributed by atoms with Crippen LogP contribution in [0.3, 0.4) is 0 Å². The van der Waals surface area contributed by atoms with Crippen LogP contribution in [0.1, 0.15) is 28.4 Å². The summed E-state index contributed by atoms with van der Waals surface area (Å²) in [5.41, 5.74) is 3.12. The molecular weight excluding hydrogens is 452 g/mol. The quantitative estimate of drug-likeness (QED) is 0.404. The van der Waals surface area contributed by atoms with Gasteiger partial charge < -0.3 is 5.32 Å². The van der Waals surface area contributed by atoms with Crippen LogP contribution in [0.15, 0.2) is 70.5 Å². The molecule has 0 heterocycles. The van der Waals surface area contributed by atoms with Crippen LogP contribution in [0.5, 0.6) is 0 Å². The van der Waals surface area contributed by atoms with Crippen molar-refractivity contribution in [1.29, 1.82) is 0 Å². The number of aryl methyl sites for hydroxylation is 1. The number of sulfonamides is 1. The molecule has 3 aromatic carbocycles. The monoisotopic (exact) mass is 474 g/mol. The Morgan fingerprint density at radius 2 is 1.71 bits per heavy atom. The smallest absolute Gasteiger partial charge is 0.263 e. The van der Waals surface area contributed by atoms with Gasteiger partial charge in [-0.05, 0) is 67.1 Å². The first-order valence-corrected chi connectivity index (χ1v) is 12.5. The van der Waals surface area contributed by atoms with Gasteiger partial charge >= 0.3 is 0 Å². The number of carbonyl (C=O) groups is 1. The number of hydrogen-bond donors (Lipinski definition) is 2. The molecule has 0 bridgehead atoms. The minimum Gasteiger partial charge on any atom is -0.321 e. The molecule has 0 atom stereocenters. The molecule has 3 aromatic rings. The fourth-order valence-corrected chi connectivity index (χ4v) is 5.37. The molecule has 0 spiro atoms. The van der Waals surface area contributed by atoms with E-state index in [0.29, 0.717) is 11.4 Å². The van der Waals surface area contributed by atoms with E-state index in [4.69, 9.17) is 11.6 Å². The van der Waals surface area contributed by atoms with E-state index in [-0.39, 0.29) is 15.5 Å². The molecule has 8 heteroatoms. The Morgan fingerprint density at radius 1 is 1.00 bits per heavy atom. The van der Waals surface area contributed by atoms with Crippen LogP contribution in [0.2, 0.25) is 5.02 Å². The molecule has 0 unspecified atom stereocenters. The third-order valence-corrected chi connectivity index (χ3v) is 7.57. The van der Waals surface area contributed by atoms with Crippen LogP contribution in [0.25, 0.3) is 0 Å². The Bertz CT molecular complexity index is 1230. The van der Waals surface area contributed by atoms with Crippen LogP contribution < -0.4 is 10.0 Å². The number of rotatable bonds is 7. The highest BCUT2D eigenvalue weighted by Gasteiger charge is 2.21. The van der Waals surface area contributed by atoms with Gasteiger partial charge in [0, 0.05) is 10.5 Å². The lowest BCUT2D eigenvalue weighted by atomic mass is 10.1. The van der Waals surface area contributed by atoms with E-state index in [9.17, 15) is 13.2 Å². The topological polar surface area (TPSA) is 75.3 Å². The molecule has 2 N–H and O–H groups in total. The lowest BCUT2D eigenvalue weighted by molar-refractivity contribution is 0.102. The first kappa shape index (κ1) is 23.2. The van der Waals surface area contributed by atoms with Crippen molar-refractivity contribution in [3.63, 3.8) is 0 Å². The molecule has 0 aliphatic carbocycles. The number of amides is 1. The Hall–Kier alpha value is -2.48. The average molecular weight is 475 g/mol. The number of anilines is 2. The van der Waals surface area contributed by atoms with Crippen molar-refractivity contribution < 1.29 is 13.2 Å². The predicted molar refractivity (Wildman–Crippen MR) is 129 cm³/mol. The number of nitrogens with one attached hydrogen (secondary N) is 2. The van der Waals surface area contributed by atoms with Crippen LogP contribution >= 0.6 is 23.4 Å². The first-order valence-electron chi connectivity index (χ1n) is 9.64. The summed E-state index contributed by atoms with van der Waals surface area (Å²) in [5.74, 6) is 0.448. The van der Waals surface area contributed by atoms with Crippen molar-refractivity contribution in [2.75, 3.05) is 15.8 Å². The van der Waals surface area contributed by atoms with E-state index >= 15 is 0 Å². The lowest BCUT2D eigenvalue weighted by Gasteiger charge is -2.14. The number of carbonyl (C=O) groups excluding carboxylic acids is 1. The zero-order valence-corrected chi connectivity index (χ0v) is 19.8. The van der Waals surface area contributed by atoms with Crippen LogP contribution in [-0.2, 0) is 10.0 Å². The van der Waals surface area contributed by atoms with Gasteiger partial charge in [-0.25, -0.2) is 8.42 Å². The zero-order chi connectivity index (χ0) is 22.6. The standard InChI is InChI=1S/C23H23ClN2O3S2/c1-4-30-21-11-6-5-9-20(21)25-23(27)17-12-13-18(24)22(14-17)31(28,29)26-19-10-7-8-15(2)16(19)3/h5-14,26H,4H2,1-3H3,(H,25,27). The molecule has 162 valence electrons. The number of para-hydroxylation sites is 1. The van der Waals surface area contributed by atoms with E-state index in [1.807, 2.05) is 51.1 Å². The highest BCUT2D eigenvalue weighted by molar-refractivity contribution is 7.99. The number of thioether (sulfide) groups is 1. The largest absolute Gasteiger partial charge is 0.321 e. The summed E-state index contributed by atoms with van der Waals surface area (Å²) in [6.07, 6.45) is 0. The molecule has 0 saturated heterocycles. The van der Waals surface area contributed by atoms with Gasteiger partial charge in [-0.2, -0.15) is 0 Å². The molecule has 31 heavy (non-hydrogen) atoms. The van der Waals surface area contributed by atoms with E-state index in [1.54, 1.807) is 23.9 Å². The van der Waals surface area contributed by atoms with E-state index in [2.05, 4.69) is 10.0 Å². The van der Waals surface area contributed by atoms with Gasteiger partial charge in [0.25, 0.3) is 15.9 Å². The van der Waals surface area contributed by atoms with Crippen molar-refractivity contribution in [2.45, 2.75) is 30.6 Å². The molecule has 0 saturated carbocycles. The number of halogens is 1. The minimum absolute atomic E-state index is 0.0382. The number of benzene rings is 3. The summed E-state index contributed by atoms with van der Waals surface area (Å²) < 4.78 is 28.6. The fourth-order valence-electron chi connectivity index (χ4n) is 2.96. The molecule has 5 nitrogen and oxygen atoms in total. The minimum atomic E-state index is -3.99. The first-order chi connectivity index (χ1) is 14.7. The third-order valence-electron chi connectivity index (χ3n) is 4.77. The molecule has 0 radical (unpaired) electrons. The van der Waals surface area contributed by atoms with Gasteiger partial charge in [-0.1, -0.05) is 42.8 Å². The van der Waals surface area contributed by atoms with Crippen molar-refractivity contribution in [2.24, 2.45) is 0 Å². The molecule has 1 amide bonds. The van der Waals surface area contributed by atoms with Crippen molar-refractivity contribution >= 4 is 50.7 Å². The maximum atomic E-state index is 13.0. The Morgan fingerprint density at radius 3 is 2.45 bits per heavy atom. The Kier molecular flexibility index (Phi) is 7.30. The van der Waals surface area contributed by atoms with E-state index in [0.717, 1.165) is 21.8 Å². The molecule has 0 aliphatic heterocycles. The fraction of sp³-hybridized carbons (Fsp3) is 0.174. The summed E-state index contributed by atoms with van der Waals surface area (Å²) in [6, 6.07) is 17.1. The van der Waals surface area contributed by atoms with Crippen LogP contribution in [0.4, 0.5) is 11.4 Å². The van der Waals surface area contributed by atoms with Gasteiger partial charge in [-0.3, -0.25) is 9.52 Å². The zero-order valence-electron chi connectivity index (χ0n) is 17.4. The number of hydrogen-bond acceptors (Lipinski definition) is 4. The van der Waals surface area contributed by atoms with Gasteiger partial charge in [0.05, 0.1) is 16.4 Å². The van der Waals surface area contributed by atoms with Crippen LogP contribution in [0, 0.1) is 13.8 Å². The van der Waals surface area contributed by atoms with Gasteiger partial charge in [-0.15, -0.1) is 11.8 Å². The average Bonchev–Trinajstić information content (AvgIpc) is 2.73. The lowest BCUT2D eigenvalue weighted by Crippen LogP contribution is -2.17. The van der Waals surface area contributed by atoms with Crippen molar-refractivity contribution in [3.05, 3.63) is 82.4 Å². The highest BCUT2D eigenvalue weighted by atomic mass is 35.5. The predicted octanol–water partition coefficient (Wildman–Crippen LogP) is 6.12.